The summed E-state index contributed by atoms with van der Waals surface area (Å²) in [4.78, 5) is 20.4. The molecule has 280 valence electrons. The van der Waals surface area contributed by atoms with Crippen molar-refractivity contribution in [3.05, 3.63) is 194 Å². The van der Waals surface area contributed by atoms with Crippen LogP contribution in [0.25, 0.3) is 121 Å². The van der Waals surface area contributed by atoms with Crippen molar-refractivity contribution in [2.24, 2.45) is 0 Å². The van der Waals surface area contributed by atoms with E-state index in [9.17, 15) is 0 Å². The van der Waals surface area contributed by atoms with Crippen LogP contribution >= 0.6 is 11.3 Å². The van der Waals surface area contributed by atoms with Gasteiger partial charge in [0.25, 0.3) is 0 Å². The second-order valence-electron chi connectivity index (χ2n) is 14.9. The number of rotatable bonds is 6. The van der Waals surface area contributed by atoms with Crippen molar-refractivity contribution in [3.8, 4) is 67.0 Å². The average Bonchev–Trinajstić information content (AvgIpc) is 3.94. The Morgan fingerprint density at radius 2 is 0.883 bits per heavy atom. The van der Waals surface area contributed by atoms with Gasteiger partial charge in [-0.3, -0.25) is 0 Å². The highest BCUT2D eigenvalue weighted by atomic mass is 32.1. The first-order chi connectivity index (χ1) is 29.7. The summed E-state index contributed by atoms with van der Waals surface area (Å²) in [5, 5.41) is 7.43. The predicted molar refractivity (Wildman–Crippen MR) is 248 cm³/mol. The molecule has 0 radical (unpaired) electrons. The van der Waals surface area contributed by atoms with Crippen LogP contribution in [0.4, 0.5) is 0 Å². The van der Waals surface area contributed by atoms with Crippen LogP contribution in [-0.4, -0.2) is 19.9 Å². The third kappa shape index (κ3) is 5.61. The largest absolute Gasteiger partial charge is 0.455 e. The Hall–Kier alpha value is -7.80. The summed E-state index contributed by atoms with van der Waals surface area (Å²) in [6.45, 7) is 0. The molecule has 0 unspecified atom stereocenters. The maximum absolute atomic E-state index is 6.95. The Bertz CT molecular complexity index is 3460. The first-order valence-electron chi connectivity index (χ1n) is 20.0. The molecule has 60 heavy (non-hydrogen) atoms. The maximum Gasteiger partial charge on any atom is 0.165 e. The third-order valence-corrected chi connectivity index (χ3v) is 12.4. The van der Waals surface area contributed by atoms with Crippen LogP contribution in [0, 0.1) is 0 Å². The number of nitrogens with zero attached hydrogens (tertiary/aromatic N) is 4. The molecular weight excluding hydrogens is 753 g/mol. The quantitative estimate of drug-likeness (QED) is 0.157. The van der Waals surface area contributed by atoms with E-state index in [4.69, 9.17) is 24.4 Å². The number of furan rings is 1. The summed E-state index contributed by atoms with van der Waals surface area (Å²) in [5.41, 5.74) is 11.0. The van der Waals surface area contributed by atoms with Crippen molar-refractivity contribution >= 4 is 65.0 Å². The highest BCUT2D eigenvalue weighted by Crippen LogP contribution is 2.48. The molecule has 0 bridgehead atoms. The van der Waals surface area contributed by atoms with E-state index in [0.29, 0.717) is 17.5 Å². The van der Waals surface area contributed by atoms with E-state index in [1.165, 1.54) is 4.70 Å². The Morgan fingerprint density at radius 1 is 0.367 bits per heavy atom. The molecule has 9 aromatic carbocycles. The fraction of sp³-hybridized carbons (Fsp3) is 0. The second kappa shape index (κ2) is 13.9. The zero-order chi connectivity index (χ0) is 39.6. The summed E-state index contributed by atoms with van der Waals surface area (Å²) in [7, 11) is 0. The molecule has 6 heteroatoms. The van der Waals surface area contributed by atoms with Gasteiger partial charge in [0.05, 0.1) is 10.2 Å². The molecule has 12 rings (SSSR count). The van der Waals surface area contributed by atoms with Crippen molar-refractivity contribution in [1.82, 2.24) is 19.9 Å². The molecule has 12 aromatic rings. The topological polar surface area (TPSA) is 64.7 Å². The van der Waals surface area contributed by atoms with E-state index >= 15 is 0 Å². The fourth-order valence-electron chi connectivity index (χ4n) is 8.66. The Balaban J connectivity index is 1.11. The number of hydrogen-bond acceptors (Lipinski definition) is 6. The number of aromatic nitrogens is 4. The van der Waals surface area contributed by atoms with E-state index in [1.54, 1.807) is 11.3 Å². The summed E-state index contributed by atoms with van der Waals surface area (Å²) in [6, 6.07) is 67.4. The maximum atomic E-state index is 6.95. The van der Waals surface area contributed by atoms with E-state index in [0.717, 1.165) is 98.5 Å². The first-order valence-corrected chi connectivity index (χ1v) is 20.8. The van der Waals surface area contributed by atoms with Crippen molar-refractivity contribution in [1.29, 1.82) is 0 Å². The number of thiazole rings is 1. The van der Waals surface area contributed by atoms with Gasteiger partial charge in [0, 0.05) is 44.2 Å². The van der Waals surface area contributed by atoms with Crippen LogP contribution in [0.1, 0.15) is 0 Å². The average molecular weight is 785 g/mol. The van der Waals surface area contributed by atoms with Crippen LogP contribution in [0.2, 0.25) is 0 Å². The predicted octanol–water partition coefficient (Wildman–Crippen LogP) is 14.7. The van der Waals surface area contributed by atoms with Gasteiger partial charge in [-0.2, -0.15) is 0 Å². The molecule has 0 saturated carbocycles. The van der Waals surface area contributed by atoms with Gasteiger partial charge in [-0.25, -0.2) is 19.9 Å². The van der Waals surface area contributed by atoms with Crippen LogP contribution in [-0.2, 0) is 0 Å². The van der Waals surface area contributed by atoms with Gasteiger partial charge < -0.3 is 4.42 Å². The van der Waals surface area contributed by atoms with Gasteiger partial charge in [0.1, 0.15) is 16.2 Å². The minimum Gasteiger partial charge on any atom is -0.455 e. The van der Waals surface area contributed by atoms with Gasteiger partial charge >= 0.3 is 0 Å². The lowest BCUT2D eigenvalue weighted by Gasteiger charge is -2.18. The first kappa shape index (κ1) is 34.3. The van der Waals surface area contributed by atoms with Crippen LogP contribution in [0.5, 0.6) is 0 Å². The third-order valence-electron chi connectivity index (χ3n) is 11.4. The van der Waals surface area contributed by atoms with Gasteiger partial charge in [-0.1, -0.05) is 164 Å². The SMILES string of the molecule is c1ccc(-c2nc(-c3ccccc3)nc(-c3c4ccccc4c(-c4ccc(-c5cccc(-c6nc7ccccc7s6)c5)c5c4oc4ccccc45)c4ccccc34)n2)cc1. The van der Waals surface area contributed by atoms with Crippen LogP contribution < -0.4 is 0 Å². The zero-order valence-corrected chi connectivity index (χ0v) is 32.9. The number of para-hydroxylation sites is 2. The molecule has 0 N–H and O–H groups in total. The number of fused-ring (bicyclic) bond motifs is 6. The van der Waals surface area contributed by atoms with E-state index < -0.39 is 0 Å². The van der Waals surface area contributed by atoms with Crippen LogP contribution in [0.3, 0.4) is 0 Å². The highest BCUT2D eigenvalue weighted by molar-refractivity contribution is 7.21. The smallest absolute Gasteiger partial charge is 0.165 e. The van der Waals surface area contributed by atoms with Gasteiger partial charge in [0.2, 0.25) is 0 Å². The Kier molecular flexibility index (Phi) is 7.96. The monoisotopic (exact) mass is 784 g/mol. The molecule has 3 aromatic heterocycles. The Morgan fingerprint density at radius 3 is 1.55 bits per heavy atom. The van der Waals surface area contributed by atoms with Crippen molar-refractivity contribution in [3.63, 3.8) is 0 Å². The van der Waals surface area contributed by atoms with Gasteiger partial charge in [-0.15, -0.1) is 11.3 Å². The molecule has 0 aliphatic carbocycles. The van der Waals surface area contributed by atoms with Crippen LogP contribution in [0.15, 0.2) is 199 Å². The summed E-state index contributed by atoms with van der Waals surface area (Å²) < 4.78 is 8.13. The molecule has 3 heterocycles. The normalized spacial score (nSPS) is 11.7. The highest BCUT2D eigenvalue weighted by Gasteiger charge is 2.24. The Labute approximate surface area is 348 Å². The van der Waals surface area contributed by atoms with Crippen molar-refractivity contribution < 1.29 is 4.42 Å². The van der Waals surface area contributed by atoms with Crippen molar-refractivity contribution in [2.45, 2.75) is 0 Å². The molecule has 0 spiro atoms. The van der Waals surface area contributed by atoms with E-state index in [2.05, 4.69) is 121 Å². The lowest BCUT2D eigenvalue weighted by atomic mass is 9.86. The molecular formula is C54H32N4OS. The molecule has 0 aliphatic heterocycles. The van der Waals surface area contributed by atoms with Crippen molar-refractivity contribution in [2.75, 3.05) is 0 Å². The minimum absolute atomic E-state index is 0.624. The fourth-order valence-corrected chi connectivity index (χ4v) is 9.62. The molecule has 5 nitrogen and oxygen atoms in total. The molecule has 0 saturated heterocycles. The van der Waals surface area contributed by atoms with E-state index in [1.807, 2.05) is 72.8 Å². The van der Waals surface area contributed by atoms with Gasteiger partial charge in [0.15, 0.2) is 17.5 Å². The van der Waals surface area contributed by atoms with E-state index in [-0.39, 0.29) is 0 Å². The van der Waals surface area contributed by atoms with Gasteiger partial charge in [-0.05, 0) is 63.0 Å². The summed E-state index contributed by atoms with van der Waals surface area (Å²) in [6.07, 6.45) is 0. The molecule has 0 aliphatic rings. The molecule has 0 amide bonds. The molecule has 0 fully saturated rings. The lowest BCUT2D eigenvalue weighted by Crippen LogP contribution is -2.01. The number of hydrogen-bond donors (Lipinski definition) is 0. The molecule has 0 atom stereocenters. The minimum atomic E-state index is 0.624. The second-order valence-corrected chi connectivity index (χ2v) is 15.9. The summed E-state index contributed by atoms with van der Waals surface area (Å²) in [5.74, 6) is 1.88. The lowest BCUT2D eigenvalue weighted by molar-refractivity contribution is 0.670. The standard InChI is InChI=1S/C54H32N4OS/c1-3-16-33(17-4-1)51-56-52(34-18-5-2-6-19-34)58-53(57-51)49-40-24-9-7-22-38(40)47(39-23-8-10-25-41(39)49)43-31-30-37(48-42-26-11-13-28-45(42)59-50(43)48)35-20-15-21-36(32-35)54-55-44-27-12-14-29-46(44)60-54/h1-32H. The zero-order valence-electron chi connectivity index (χ0n) is 32.1. The summed E-state index contributed by atoms with van der Waals surface area (Å²) >= 11 is 1.72. The number of benzene rings is 9.